The van der Waals surface area contributed by atoms with Crippen molar-refractivity contribution in [1.82, 2.24) is 15.4 Å². The van der Waals surface area contributed by atoms with Crippen molar-refractivity contribution in [2.24, 2.45) is 5.73 Å². The van der Waals surface area contributed by atoms with Gasteiger partial charge in [-0.05, 0) is 18.8 Å². The number of aliphatic hydroxyl groups excluding tert-OH is 2. The van der Waals surface area contributed by atoms with E-state index in [4.69, 9.17) is 15.4 Å². The summed E-state index contributed by atoms with van der Waals surface area (Å²) in [5.41, 5.74) is 7.25. The molecule has 4 N–H and O–H groups in total. The standard InChI is InChI=1S/C18H18N4O4S/c19-16(25)14-13(15(26-22-14)9-4-2-1-3-5-9)10-6-11(7-10)17-20-21-18(27-17)12(24)8-23/h1-5,10-12,23-24H,6-8H2,(H2,19,25)/t10?,11?,12-/m1/s1. The quantitative estimate of drug-likeness (QED) is 0.589. The van der Waals surface area contributed by atoms with Crippen LogP contribution in [0.2, 0.25) is 0 Å². The lowest BCUT2D eigenvalue weighted by Gasteiger charge is -2.33. The van der Waals surface area contributed by atoms with E-state index in [1.54, 1.807) is 0 Å². The number of primary amides is 1. The molecule has 4 rings (SSSR count). The molecule has 1 atom stereocenters. The van der Waals surface area contributed by atoms with Crippen molar-refractivity contribution in [3.05, 3.63) is 51.6 Å². The van der Waals surface area contributed by atoms with Gasteiger partial charge in [-0.25, -0.2) is 0 Å². The maximum absolute atomic E-state index is 11.8. The lowest BCUT2D eigenvalue weighted by atomic mass is 9.70. The Balaban J connectivity index is 1.58. The van der Waals surface area contributed by atoms with Crippen molar-refractivity contribution in [2.75, 3.05) is 6.61 Å². The highest BCUT2D eigenvalue weighted by Gasteiger charge is 2.39. The Bertz CT molecular complexity index is 949. The second-order valence-corrected chi connectivity index (χ2v) is 7.59. The molecule has 1 aliphatic carbocycles. The number of nitrogens with zero attached hydrogens (tertiary/aromatic N) is 3. The van der Waals surface area contributed by atoms with Gasteiger partial charge in [0.25, 0.3) is 5.91 Å². The normalized spacial score (nSPS) is 20.2. The predicted molar refractivity (Wildman–Crippen MR) is 97.1 cm³/mol. The molecule has 0 aliphatic heterocycles. The van der Waals surface area contributed by atoms with Gasteiger partial charge in [0.15, 0.2) is 11.5 Å². The van der Waals surface area contributed by atoms with Crippen LogP contribution in [0, 0.1) is 0 Å². The van der Waals surface area contributed by atoms with E-state index < -0.39 is 12.0 Å². The van der Waals surface area contributed by atoms with Crippen LogP contribution in [0.15, 0.2) is 34.9 Å². The topological polar surface area (TPSA) is 135 Å². The zero-order valence-electron chi connectivity index (χ0n) is 14.3. The predicted octanol–water partition coefficient (Wildman–Crippen LogP) is 1.98. The van der Waals surface area contributed by atoms with E-state index in [1.165, 1.54) is 11.3 Å². The van der Waals surface area contributed by atoms with Gasteiger partial charge in [0.2, 0.25) is 0 Å². The number of aliphatic hydroxyl groups is 2. The first-order valence-corrected chi connectivity index (χ1v) is 9.37. The number of amides is 1. The third kappa shape index (κ3) is 3.25. The molecule has 9 heteroatoms. The molecule has 0 radical (unpaired) electrons. The first-order chi connectivity index (χ1) is 13.1. The fraction of sp³-hybridized carbons (Fsp3) is 0.333. The summed E-state index contributed by atoms with van der Waals surface area (Å²) >= 11 is 1.30. The summed E-state index contributed by atoms with van der Waals surface area (Å²) in [5, 5.41) is 31.9. The van der Waals surface area contributed by atoms with E-state index in [0.717, 1.165) is 29.0 Å². The Labute approximate surface area is 158 Å². The molecule has 1 amide bonds. The third-order valence-corrected chi connectivity index (χ3v) is 5.99. The number of hydrogen-bond donors (Lipinski definition) is 3. The number of carbonyl (C=O) groups is 1. The minimum absolute atomic E-state index is 0.0778. The van der Waals surface area contributed by atoms with Crippen LogP contribution in [0.5, 0.6) is 0 Å². The van der Waals surface area contributed by atoms with Crippen molar-refractivity contribution in [3.63, 3.8) is 0 Å². The van der Waals surface area contributed by atoms with Gasteiger partial charge < -0.3 is 20.5 Å². The Morgan fingerprint density at radius 2 is 2.00 bits per heavy atom. The van der Waals surface area contributed by atoms with Crippen LogP contribution in [-0.4, -0.2) is 38.1 Å². The highest BCUT2D eigenvalue weighted by molar-refractivity contribution is 7.11. The van der Waals surface area contributed by atoms with Crippen molar-refractivity contribution in [2.45, 2.75) is 30.8 Å². The molecule has 2 aromatic heterocycles. The zero-order chi connectivity index (χ0) is 19.0. The Morgan fingerprint density at radius 1 is 1.26 bits per heavy atom. The van der Waals surface area contributed by atoms with E-state index in [1.807, 2.05) is 30.3 Å². The molecule has 3 aromatic rings. The van der Waals surface area contributed by atoms with E-state index in [-0.39, 0.29) is 24.1 Å². The summed E-state index contributed by atoms with van der Waals surface area (Å²) in [6.07, 6.45) is 0.507. The Hall–Kier alpha value is -2.62. The van der Waals surface area contributed by atoms with Crippen LogP contribution < -0.4 is 5.73 Å². The average molecular weight is 386 g/mol. The first-order valence-electron chi connectivity index (χ1n) is 8.55. The van der Waals surface area contributed by atoms with Gasteiger partial charge >= 0.3 is 0 Å². The maximum atomic E-state index is 11.8. The van der Waals surface area contributed by atoms with Crippen LogP contribution in [0.4, 0.5) is 0 Å². The molecule has 0 unspecified atom stereocenters. The van der Waals surface area contributed by atoms with Crippen LogP contribution in [0.1, 0.15) is 56.8 Å². The monoisotopic (exact) mass is 386 g/mol. The van der Waals surface area contributed by atoms with E-state index >= 15 is 0 Å². The van der Waals surface area contributed by atoms with E-state index in [0.29, 0.717) is 10.8 Å². The summed E-state index contributed by atoms with van der Waals surface area (Å²) in [7, 11) is 0. The van der Waals surface area contributed by atoms with Gasteiger partial charge in [-0.15, -0.1) is 10.2 Å². The van der Waals surface area contributed by atoms with Gasteiger partial charge in [-0.1, -0.05) is 46.8 Å². The number of benzene rings is 1. The Morgan fingerprint density at radius 3 is 2.67 bits per heavy atom. The molecule has 2 heterocycles. The molecule has 1 saturated carbocycles. The van der Waals surface area contributed by atoms with Crippen molar-refractivity contribution < 1.29 is 19.5 Å². The van der Waals surface area contributed by atoms with Gasteiger partial charge in [0, 0.05) is 17.0 Å². The van der Waals surface area contributed by atoms with E-state index in [9.17, 15) is 9.90 Å². The van der Waals surface area contributed by atoms with Crippen molar-refractivity contribution in [3.8, 4) is 11.3 Å². The molecule has 0 bridgehead atoms. The van der Waals surface area contributed by atoms with Crippen LogP contribution in [-0.2, 0) is 0 Å². The molecular formula is C18H18N4O4S. The summed E-state index contributed by atoms with van der Waals surface area (Å²) in [5.74, 6) is 0.214. The fourth-order valence-electron chi connectivity index (χ4n) is 3.33. The van der Waals surface area contributed by atoms with E-state index in [2.05, 4.69) is 15.4 Å². The van der Waals surface area contributed by atoms with Crippen molar-refractivity contribution >= 4 is 17.2 Å². The maximum Gasteiger partial charge on any atom is 0.271 e. The molecule has 27 heavy (non-hydrogen) atoms. The molecule has 1 aromatic carbocycles. The molecule has 0 saturated heterocycles. The highest BCUT2D eigenvalue weighted by atomic mass is 32.1. The smallest absolute Gasteiger partial charge is 0.271 e. The fourth-order valence-corrected chi connectivity index (χ4v) is 4.28. The SMILES string of the molecule is NC(=O)c1noc(-c2ccccc2)c1C1CC(c2nnc([C@H](O)CO)s2)C1. The molecular weight excluding hydrogens is 368 g/mol. The summed E-state index contributed by atoms with van der Waals surface area (Å²) in [6, 6.07) is 9.49. The highest BCUT2D eigenvalue weighted by Crippen LogP contribution is 2.51. The number of aromatic nitrogens is 3. The average Bonchev–Trinajstić information content (AvgIpc) is 3.28. The van der Waals surface area contributed by atoms with Crippen LogP contribution in [0.25, 0.3) is 11.3 Å². The zero-order valence-corrected chi connectivity index (χ0v) is 15.1. The summed E-state index contributed by atoms with van der Waals surface area (Å²) < 4.78 is 5.45. The molecule has 8 nitrogen and oxygen atoms in total. The lowest BCUT2D eigenvalue weighted by molar-refractivity contribution is 0.0948. The number of nitrogens with two attached hydrogens (primary N) is 1. The van der Waals surface area contributed by atoms with Crippen LogP contribution >= 0.6 is 11.3 Å². The van der Waals surface area contributed by atoms with Gasteiger partial charge in [0.1, 0.15) is 16.1 Å². The van der Waals surface area contributed by atoms with Gasteiger partial charge in [-0.2, -0.15) is 0 Å². The number of carbonyl (C=O) groups excluding carboxylic acids is 1. The number of hydrogen-bond acceptors (Lipinski definition) is 8. The Kier molecular flexibility index (Phi) is 4.73. The molecule has 140 valence electrons. The van der Waals surface area contributed by atoms with Gasteiger partial charge in [-0.3, -0.25) is 4.79 Å². The summed E-state index contributed by atoms with van der Waals surface area (Å²) in [6.45, 7) is -0.384. The molecule has 0 spiro atoms. The van der Waals surface area contributed by atoms with Crippen LogP contribution in [0.3, 0.4) is 0 Å². The molecule has 1 fully saturated rings. The largest absolute Gasteiger partial charge is 0.393 e. The minimum Gasteiger partial charge on any atom is -0.393 e. The lowest BCUT2D eigenvalue weighted by Crippen LogP contribution is -2.23. The second kappa shape index (κ2) is 7.18. The first kappa shape index (κ1) is 17.8. The molecule has 1 aliphatic rings. The van der Waals surface area contributed by atoms with Gasteiger partial charge in [0.05, 0.1) is 6.61 Å². The third-order valence-electron chi connectivity index (χ3n) is 4.81. The number of rotatable bonds is 6. The summed E-state index contributed by atoms with van der Waals surface area (Å²) in [4.78, 5) is 11.8. The van der Waals surface area contributed by atoms with Crippen molar-refractivity contribution in [1.29, 1.82) is 0 Å². The minimum atomic E-state index is -1.00. The second-order valence-electron chi connectivity index (χ2n) is 6.55.